The second kappa shape index (κ2) is 7.47. The maximum atomic E-state index is 10.4. The van der Waals surface area contributed by atoms with Gasteiger partial charge in [-0.25, -0.2) is 0 Å². The van der Waals surface area contributed by atoms with Gasteiger partial charge in [0.15, 0.2) is 29.2 Å². The molecule has 0 radical (unpaired) electrons. The molecule has 0 unspecified atom stereocenters. The molecule has 0 spiro atoms. The van der Waals surface area contributed by atoms with E-state index in [2.05, 4.69) is 11.8 Å². The molecule has 0 aliphatic carbocycles. The lowest BCUT2D eigenvalue weighted by atomic mass is 9.78. The molecule has 3 atom stereocenters. The molecular formula is C23H27NO6. The highest BCUT2D eigenvalue weighted by Gasteiger charge is 2.42. The van der Waals surface area contributed by atoms with E-state index < -0.39 is 0 Å². The van der Waals surface area contributed by atoms with Crippen LogP contribution >= 0.6 is 0 Å². The van der Waals surface area contributed by atoms with Crippen LogP contribution in [0, 0.1) is 5.92 Å². The molecule has 30 heavy (non-hydrogen) atoms. The normalized spacial score (nSPS) is 25.0. The van der Waals surface area contributed by atoms with E-state index in [1.165, 1.54) is 12.8 Å². The standard InChI is InChI=1S/C23H27NO6/c1-13-21(14-8-19(26-2)22(25)20(9-14)27-3)15-10-17-18(29-12-28-17)11-16(15)30-23(13)24-6-4-5-7-24/h8-11,13,21,23,25H,4-7,12H2,1-3H3/t13-,21+,23-/m0/s1. The first-order valence-corrected chi connectivity index (χ1v) is 10.4. The molecular weight excluding hydrogens is 386 g/mol. The number of rotatable bonds is 4. The van der Waals surface area contributed by atoms with Crippen molar-refractivity contribution in [2.75, 3.05) is 34.1 Å². The summed E-state index contributed by atoms with van der Waals surface area (Å²) in [6, 6.07) is 7.73. The maximum Gasteiger partial charge on any atom is 0.231 e. The summed E-state index contributed by atoms with van der Waals surface area (Å²) in [4.78, 5) is 2.42. The fourth-order valence-corrected chi connectivity index (χ4v) is 4.95. The summed E-state index contributed by atoms with van der Waals surface area (Å²) < 4.78 is 28.6. The van der Waals surface area contributed by atoms with Gasteiger partial charge in [-0.05, 0) is 36.6 Å². The number of methoxy groups -OCH3 is 2. The van der Waals surface area contributed by atoms with Crippen LogP contribution in [0.2, 0.25) is 0 Å². The molecule has 7 nitrogen and oxygen atoms in total. The second-order valence-electron chi connectivity index (χ2n) is 8.11. The van der Waals surface area contributed by atoms with Gasteiger partial charge in [0.25, 0.3) is 0 Å². The van der Waals surface area contributed by atoms with E-state index in [4.69, 9.17) is 23.7 Å². The summed E-state index contributed by atoms with van der Waals surface area (Å²) in [5.41, 5.74) is 2.04. The van der Waals surface area contributed by atoms with Crippen molar-refractivity contribution in [3.05, 3.63) is 35.4 Å². The molecule has 2 aromatic carbocycles. The van der Waals surface area contributed by atoms with E-state index >= 15 is 0 Å². The van der Waals surface area contributed by atoms with Crippen LogP contribution < -0.4 is 23.7 Å². The average molecular weight is 413 g/mol. The molecule has 3 aliphatic heterocycles. The summed E-state index contributed by atoms with van der Waals surface area (Å²) >= 11 is 0. The van der Waals surface area contributed by atoms with Gasteiger partial charge in [0, 0.05) is 36.6 Å². The van der Waals surface area contributed by atoms with E-state index in [1.54, 1.807) is 14.2 Å². The van der Waals surface area contributed by atoms with Crippen LogP contribution in [0.5, 0.6) is 34.5 Å². The minimum absolute atomic E-state index is 0.00506. The van der Waals surface area contributed by atoms with Crippen molar-refractivity contribution in [2.24, 2.45) is 5.92 Å². The van der Waals surface area contributed by atoms with Crippen LogP contribution in [0.4, 0.5) is 0 Å². The number of phenols is 1. The van der Waals surface area contributed by atoms with Crippen LogP contribution in [0.15, 0.2) is 24.3 Å². The minimum atomic E-state index is -0.0452. The van der Waals surface area contributed by atoms with E-state index in [0.29, 0.717) is 17.2 Å². The number of nitrogens with zero attached hydrogens (tertiary/aromatic N) is 1. The summed E-state index contributed by atoms with van der Waals surface area (Å²) in [5.74, 6) is 3.21. The number of likely N-dealkylation sites (tertiary alicyclic amines) is 1. The Labute approximate surface area is 176 Å². The molecule has 0 saturated carbocycles. The Hall–Kier alpha value is -2.80. The Balaban J connectivity index is 1.66. The maximum absolute atomic E-state index is 10.4. The first-order chi connectivity index (χ1) is 14.6. The van der Waals surface area contributed by atoms with Crippen molar-refractivity contribution in [1.29, 1.82) is 0 Å². The molecule has 1 saturated heterocycles. The lowest BCUT2D eigenvalue weighted by Gasteiger charge is -2.42. The van der Waals surface area contributed by atoms with Gasteiger partial charge in [0.1, 0.15) is 5.75 Å². The highest BCUT2D eigenvalue weighted by molar-refractivity contribution is 5.59. The predicted molar refractivity (Wildman–Crippen MR) is 110 cm³/mol. The third-order valence-electron chi connectivity index (χ3n) is 6.43. The predicted octanol–water partition coefficient (Wildman–Crippen LogP) is 3.72. The van der Waals surface area contributed by atoms with E-state index in [0.717, 1.165) is 35.7 Å². The van der Waals surface area contributed by atoms with Crippen LogP contribution in [0.3, 0.4) is 0 Å². The number of benzene rings is 2. The molecule has 0 amide bonds. The minimum Gasteiger partial charge on any atom is -0.502 e. The van der Waals surface area contributed by atoms with Crippen LogP contribution in [-0.2, 0) is 0 Å². The smallest absolute Gasteiger partial charge is 0.231 e. The van der Waals surface area contributed by atoms with Crippen LogP contribution in [0.25, 0.3) is 0 Å². The summed E-state index contributed by atoms with van der Waals surface area (Å²) in [6.45, 7) is 4.50. The Morgan fingerprint density at radius 3 is 2.20 bits per heavy atom. The van der Waals surface area contributed by atoms with Gasteiger partial charge < -0.3 is 28.8 Å². The fourth-order valence-electron chi connectivity index (χ4n) is 4.95. The summed E-state index contributed by atoms with van der Waals surface area (Å²) in [6.07, 6.45) is 2.33. The molecule has 3 heterocycles. The van der Waals surface area contributed by atoms with E-state index in [9.17, 15) is 5.11 Å². The summed E-state index contributed by atoms with van der Waals surface area (Å²) in [7, 11) is 3.09. The quantitative estimate of drug-likeness (QED) is 0.819. The van der Waals surface area contributed by atoms with Gasteiger partial charge in [-0.15, -0.1) is 0 Å². The Morgan fingerprint density at radius 2 is 1.57 bits per heavy atom. The lowest BCUT2D eigenvalue weighted by molar-refractivity contribution is -0.0178. The van der Waals surface area contributed by atoms with Crippen molar-refractivity contribution in [3.8, 4) is 34.5 Å². The zero-order valence-electron chi connectivity index (χ0n) is 17.5. The number of hydrogen-bond acceptors (Lipinski definition) is 7. The average Bonchev–Trinajstić information content (AvgIpc) is 3.44. The van der Waals surface area contributed by atoms with Gasteiger partial charge in [-0.3, -0.25) is 4.90 Å². The molecule has 0 aromatic heterocycles. The number of ether oxygens (including phenoxy) is 5. The van der Waals surface area contributed by atoms with Crippen molar-refractivity contribution in [2.45, 2.75) is 31.9 Å². The van der Waals surface area contributed by atoms with Crippen molar-refractivity contribution in [3.63, 3.8) is 0 Å². The zero-order valence-corrected chi connectivity index (χ0v) is 17.5. The molecule has 7 heteroatoms. The number of aromatic hydroxyl groups is 1. The SMILES string of the molecule is COc1cc([C@@H]2c3cc4c(cc3O[C@H](N3CCCC3)[C@H]2C)OCO4)cc(OC)c1O. The molecule has 2 aromatic rings. The number of phenolic OH excluding ortho intramolecular Hbond substituents is 1. The highest BCUT2D eigenvalue weighted by Crippen LogP contribution is 2.51. The van der Waals surface area contributed by atoms with Gasteiger partial charge >= 0.3 is 0 Å². The lowest BCUT2D eigenvalue weighted by Crippen LogP contribution is -2.46. The van der Waals surface area contributed by atoms with Crippen molar-refractivity contribution in [1.82, 2.24) is 4.90 Å². The van der Waals surface area contributed by atoms with Crippen LogP contribution in [0.1, 0.15) is 36.8 Å². The summed E-state index contributed by atoms with van der Waals surface area (Å²) in [5, 5.41) is 10.4. The zero-order chi connectivity index (χ0) is 20.8. The first-order valence-electron chi connectivity index (χ1n) is 10.4. The van der Waals surface area contributed by atoms with Gasteiger partial charge in [0.2, 0.25) is 12.5 Å². The van der Waals surface area contributed by atoms with Gasteiger partial charge in [-0.1, -0.05) is 6.92 Å². The van der Waals surface area contributed by atoms with E-state index in [1.807, 2.05) is 24.3 Å². The molecule has 5 rings (SSSR count). The Morgan fingerprint density at radius 1 is 0.933 bits per heavy atom. The van der Waals surface area contributed by atoms with Crippen LogP contribution in [-0.4, -0.2) is 50.3 Å². The number of fused-ring (bicyclic) bond motifs is 2. The third kappa shape index (κ3) is 2.99. The molecule has 3 aliphatic rings. The Bertz CT molecular complexity index is 930. The third-order valence-corrected chi connectivity index (χ3v) is 6.43. The molecule has 0 bridgehead atoms. The number of hydrogen-bond donors (Lipinski definition) is 1. The van der Waals surface area contributed by atoms with E-state index in [-0.39, 0.29) is 30.6 Å². The monoisotopic (exact) mass is 413 g/mol. The van der Waals surface area contributed by atoms with Crippen molar-refractivity contribution >= 4 is 0 Å². The largest absolute Gasteiger partial charge is 0.502 e. The Kier molecular flexibility index (Phi) is 4.77. The fraction of sp³-hybridized carbons (Fsp3) is 0.478. The molecule has 1 fully saturated rings. The highest BCUT2D eigenvalue weighted by atomic mass is 16.7. The van der Waals surface area contributed by atoms with Crippen molar-refractivity contribution < 1.29 is 28.8 Å². The van der Waals surface area contributed by atoms with Gasteiger partial charge in [-0.2, -0.15) is 0 Å². The molecule has 1 N–H and O–H groups in total. The van der Waals surface area contributed by atoms with Gasteiger partial charge in [0.05, 0.1) is 14.2 Å². The molecule has 160 valence electrons. The second-order valence-corrected chi connectivity index (χ2v) is 8.11. The topological polar surface area (TPSA) is 69.6 Å². The first kappa shape index (κ1) is 19.2.